The molecule has 1 aliphatic rings. The molecule has 2 aromatic heterocycles. The molecule has 152 valence electrons. The van der Waals surface area contributed by atoms with Gasteiger partial charge in [0.25, 0.3) is 5.91 Å². The van der Waals surface area contributed by atoms with Crippen molar-refractivity contribution < 1.29 is 9.18 Å². The molecule has 29 heavy (non-hydrogen) atoms. The number of rotatable bonds is 3. The Hall–Kier alpha value is -2.76. The van der Waals surface area contributed by atoms with E-state index in [0.29, 0.717) is 29.0 Å². The van der Waals surface area contributed by atoms with Crippen molar-refractivity contribution in [1.82, 2.24) is 19.5 Å². The topological polar surface area (TPSA) is 50.5 Å². The molecular weight excluding hydrogens is 367 g/mol. The van der Waals surface area contributed by atoms with Crippen LogP contribution in [0.1, 0.15) is 62.1 Å². The SMILES string of the molecule is CCc1cc(C(=O)N2CCCCCCC2C)nc2cc(-c3ccccc3F)nn12. The van der Waals surface area contributed by atoms with E-state index in [-0.39, 0.29) is 17.8 Å². The Morgan fingerprint density at radius 1 is 1.17 bits per heavy atom. The van der Waals surface area contributed by atoms with Crippen molar-refractivity contribution >= 4 is 11.6 Å². The zero-order valence-electron chi connectivity index (χ0n) is 17.1. The van der Waals surface area contributed by atoms with Gasteiger partial charge in [-0.2, -0.15) is 5.10 Å². The summed E-state index contributed by atoms with van der Waals surface area (Å²) < 4.78 is 15.9. The van der Waals surface area contributed by atoms with E-state index in [2.05, 4.69) is 17.0 Å². The van der Waals surface area contributed by atoms with Gasteiger partial charge >= 0.3 is 0 Å². The maximum absolute atomic E-state index is 14.2. The van der Waals surface area contributed by atoms with Crippen LogP contribution in [0.3, 0.4) is 0 Å². The molecule has 1 fully saturated rings. The van der Waals surface area contributed by atoms with Crippen LogP contribution in [0.15, 0.2) is 36.4 Å². The summed E-state index contributed by atoms with van der Waals surface area (Å²) in [5.41, 5.74) is 2.87. The predicted octanol–water partition coefficient (Wildman–Crippen LogP) is 4.89. The van der Waals surface area contributed by atoms with Crippen molar-refractivity contribution in [2.45, 2.75) is 58.4 Å². The molecule has 1 unspecified atom stereocenters. The fourth-order valence-corrected chi connectivity index (χ4v) is 4.10. The molecule has 4 rings (SSSR count). The number of likely N-dealkylation sites (tertiary alicyclic amines) is 1. The normalized spacial score (nSPS) is 17.9. The number of carbonyl (C=O) groups excluding carboxylic acids is 1. The first-order valence-electron chi connectivity index (χ1n) is 10.5. The minimum absolute atomic E-state index is 0.0229. The van der Waals surface area contributed by atoms with Gasteiger partial charge in [-0.05, 0) is 44.4 Å². The molecule has 1 amide bonds. The number of benzene rings is 1. The molecular formula is C23H27FN4O. The summed E-state index contributed by atoms with van der Waals surface area (Å²) in [6.45, 7) is 4.91. The summed E-state index contributed by atoms with van der Waals surface area (Å²) in [5.74, 6) is -0.343. The average Bonchev–Trinajstić information content (AvgIpc) is 3.14. The highest BCUT2D eigenvalue weighted by Gasteiger charge is 2.25. The monoisotopic (exact) mass is 394 g/mol. The Morgan fingerprint density at radius 3 is 2.76 bits per heavy atom. The van der Waals surface area contributed by atoms with Crippen molar-refractivity contribution in [1.29, 1.82) is 0 Å². The second kappa shape index (κ2) is 8.31. The van der Waals surface area contributed by atoms with Gasteiger partial charge in [0.15, 0.2) is 5.65 Å². The van der Waals surface area contributed by atoms with Gasteiger partial charge in [-0.15, -0.1) is 0 Å². The van der Waals surface area contributed by atoms with Crippen molar-refractivity contribution in [2.75, 3.05) is 6.54 Å². The molecule has 6 heteroatoms. The van der Waals surface area contributed by atoms with Crippen LogP contribution in [0.25, 0.3) is 16.9 Å². The number of halogens is 1. The highest BCUT2D eigenvalue weighted by atomic mass is 19.1. The van der Waals surface area contributed by atoms with Crippen molar-refractivity contribution in [3.05, 3.63) is 53.6 Å². The molecule has 3 aromatic rings. The van der Waals surface area contributed by atoms with Crippen LogP contribution in [-0.2, 0) is 6.42 Å². The summed E-state index contributed by atoms with van der Waals surface area (Å²) in [5, 5.41) is 4.56. The van der Waals surface area contributed by atoms with Crippen LogP contribution in [0.5, 0.6) is 0 Å². The van der Waals surface area contributed by atoms with Crippen molar-refractivity contribution in [2.24, 2.45) is 0 Å². The van der Waals surface area contributed by atoms with Gasteiger partial charge in [-0.1, -0.05) is 38.3 Å². The number of carbonyl (C=O) groups is 1. The largest absolute Gasteiger partial charge is 0.335 e. The summed E-state index contributed by atoms with van der Waals surface area (Å²) in [4.78, 5) is 19.9. The molecule has 1 aromatic carbocycles. The Balaban J connectivity index is 1.74. The van der Waals surface area contributed by atoms with E-state index in [1.54, 1.807) is 28.8 Å². The number of hydrogen-bond acceptors (Lipinski definition) is 3. The standard InChI is InChI=1S/C23H27FN4O/c1-3-17-14-21(23(29)27-13-9-5-4-6-10-16(27)2)25-22-15-20(26-28(17)22)18-11-7-8-12-19(18)24/h7-8,11-12,14-16H,3-6,9-10,13H2,1-2H3. The van der Waals surface area contributed by atoms with E-state index in [0.717, 1.165) is 37.9 Å². The molecule has 0 spiro atoms. The minimum atomic E-state index is -0.320. The first-order chi connectivity index (χ1) is 14.1. The van der Waals surface area contributed by atoms with E-state index >= 15 is 0 Å². The molecule has 0 saturated carbocycles. The molecule has 5 nitrogen and oxygen atoms in total. The second-order valence-corrected chi connectivity index (χ2v) is 7.82. The lowest BCUT2D eigenvalue weighted by atomic mass is 10.0. The van der Waals surface area contributed by atoms with Crippen molar-refractivity contribution in [3.8, 4) is 11.3 Å². The Morgan fingerprint density at radius 2 is 1.97 bits per heavy atom. The molecule has 0 aliphatic carbocycles. The first-order valence-corrected chi connectivity index (χ1v) is 10.5. The molecule has 3 heterocycles. The maximum Gasteiger partial charge on any atom is 0.272 e. The Kier molecular flexibility index (Phi) is 5.60. The maximum atomic E-state index is 14.2. The quantitative estimate of drug-likeness (QED) is 0.635. The number of aryl methyl sites for hydroxylation is 1. The van der Waals surface area contributed by atoms with E-state index in [1.807, 2.05) is 17.9 Å². The van der Waals surface area contributed by atoms with Crippen LogP contribution in [0, 0.1) is 5.82 Å². The van der Waals surface area contributed by atoms with Gasteiger partial charge in [0.1, 0.15) is 11.5 Å². The number of fused-ring (bicyclic) bond motifs is 1. The third kappa shape index (κ3) is 3.88. The van der Waals surface area contributed by atoms with Crippen LogP contribution < -0.4 is 0 Å². The lowest BCUT2D eigenvalue weighted by Crippen LogP contribution is -2.40. The Labute approximate surface area is 170 Å². The number of aromatic nitrogens is 3. The highest BCUT2D eigenvalue weighted by Crippen LogP contribution is 2.24. The fourth-order valence-electron chi connectivity index (χ4n) is 4.10. The van der Waals surface area contributed by atoms with Gasteiger partial charge in [0, 0.05) is 29.9 Å². The summed E-state index contributed by atoms with van der Waals surface area (Å²) in [7, 11) is 0. The summed E-state index contributed by atoms with van der Waals surface area (Å²) >= 11 is 0. The number of hydrogen-bond donors (Lipinski definition) is 0. The van der Waals surface area contributed by atoms with E-state index in [1.165, 1.54) is 12.5 Å². The number of amides is 1. The third-order valence-corrected chi connectivity index (χ3v) is 5.80. The van der Waals surface area contributed by atoms with Gasteiger partial charge < -0.3 is 4.90 Å². The minimum Gasteiger partial charge on any atom is -0.335 e. The number of nitrogens with zero attached hydrogens (tertiary/aromatic N) is 4. The summed E-state index contributed by atoms with van der Waals surface area (Å²) in [6.07, 6.45) is 6.32. The van der Waals surface area contributed by atoms with E-state index in [9.17, 15) is 9.18 Å². The van der Waals surface area contributed by atoms with Gasteiger partial charge in [0.05, 0.1) is 5.69 Å². The lowest BCUT2D eigenvalue weighted by Gasteiger charge is -2.31. The van der Waals surface area contributed by atoms with Crippen LogP contribution >= 0.6 is 0 Å². The molecule has 0 N–H and O–H groups in total. The molecule has 1 saturated heterocycles. The van der Waals surface area contributed by atoms with Crippen LogP contribution in [-0.4, -0.2) is 38.0 Å². The predicted molar refractivity (Wildman–Crippen MR) is 111 cm³/mol. The van der Waals surface area contributed by atoms with Crippen LogP contribution in [0.2, 0.25) is 0 Å². The van der Waals surface area contributed by atoms with E-state index in [4.69, 9.17) is 0 Å². The third-order valence-electron chi connectivity index (χ3n) is 5.80. The van der Waals surface area contributed by atoms with Gasteiger partial charge in [-0.25, -0.2) is 13.9 Å². The smallest absolute Gasteiger partial charge is 0.272 e. The molecule has 1 atom stereocenters. The van der Waals surface area contributed by atoms with E-state index < -0.39 is 0 Å². The van der Waals surface area contributed by atoms with Crippen molar-refractivity contribution in [3.63, 3.8) is 0 Å². The van der Waals surface area contributed by atoms with Gasteiger partial charge in [-0.3, -0.25) is 4.79 Å². The Bertz CT molecular complexity index is 1030. The average molecular weight is 394 g/mol. The van der Waals surface area contributed by atoms with Gasteiger partial charge in [0.2, 0.25) is 0 Å². The summed E-state index contributed by atoms with van der Waals surface area (Å²) in [6, 6.07) is 10.4. The second-order valence-electron chi connectivity index (χ2n) is 7.82. The molecule has 0 radical (unpaired) electrons. The zero-order chi connectivity index (χ0) is 20.4. The molecule has 1 aliphatic heterocycles. The molecule has 0 bridgehead atoms. The van der Waals surface area contributed by atoms with Crippen LogP contribution in [0.4, 0.5) is 4.39 Å². The first kappa shape index (κ1) is 19.6. The lowest BCUT2D eigenvalue weighted by molar-refractivity contribution is 0.0660. The highest BCUT2D eigenvalue weighted by molar-refractivity contribution is 5.93. The zero-order valence-corrected chi connectivity index (χ0v) is 17.1. The fraction of sp³-hybridized carbons (Fsp3) is 0.435.